The van der Waals surface area contributed by atoms with Gasteiger partial charge >= 0.3 is 0 Å². The standard InChI is InChI=1S/C15H13N3O2/c1-9-5-11(7-16-15(9)20)14-17-12-6-10(8-19)3-4-13(12)18(14)2/h3-8H,1-2H3,(H,16,20). The highest BCUT2D eigenvalue weighted by atomic mass is 16.1. The molecule has 0 aliphatic carbocycles. The van der Waals surface area contributed by atoms with Crippen molar-refractivity contribution < 1.29 is 4.79 Å². The van der Waals surface area contributed by atoms with Crippen molar-refractivity contribution in [2.75, 3.05) is 0 Å². The zero-order valence-electron chi connectivity index (χ0n) is 11.2. The monoisotopic (exact) mass is 267 g/mol. The second-order valence-corrected chi connectivity index (χ2v) is 4.76. The van der Waals surface area contributed by atoms with Crippen molar-refractivity contribution in [3.63, 3.8) is 0 Å². The zero-order chi connectivity index (χ0) is 14.3. The topological polar surface area (TPSA) is 67.8 Å². The van der Waals surface area contributed by atoms with Crippen LogP contribution in [0.1, 0.15) is 15.9 Å². The summed E-state index contributed by atoms with van der Waals surface area (Å²) in [5, 5.41) is 0. The van der Waals surface area contributed by atoms with E-state index in [4.69, 9.17) is 0 Å². The molecule has 3 rings (SSSR count). The molecule has 2 heterocycles. The van der Waals surface area contributed by atoms with E-state index in [1.54, 1.807) is 31.3 Å². The van der Waals surface area contributed by atoms with E-state index in [0.717, 1.165) is 28.7 Å². The Balaban J connectivity index is 2.25. The molecule has 20 heavy (non-hydrogen) atoms. The molecule has 0 saturated carbocycles. The molecule has 1 aromatic carbocycles. The molecule has 0 radical (unpaired) electrons. The molecule has 0 amide bonds. The molecule has 100 valence electrons. The van der Waals surface area contributed by atoms with Gasteiger partial charge in [0.05, 0.1) is 11.0 Å². The first-order valence-electron chi connectivity index (χ1n) is 6.21. The molecule has 5 heteroatoms. The quantitative estimate of drug-likeness (QED) is 0.722. The number of imidazole rings is 1. The van der Waals surface area contributed by atoms with Gasteiger partial charge in [-0.05, 0) is 31.2 Å². The smallest absolute Gasteiger partial charge is 0.250 e. The maximum absolute atomic E-state index is 11.4. The Morgan fingerprint density at radius 3 is 2.80 bits per heavy atom. The van der Waals surface area contributed by atoms with Gasteiger partial charge in [0.2, 0.25) is 0 Å². The molecule has 0 fully saturated rings. The van der Waals surface area contributed by atoms with Gasteiger partial charge in [-0.25, -0.2) is 4.98 Å². The number of nitrogens with zero attached hydrogens (tertiary/aromatic N) is 2. The number of hydrogen-bond donors (Lipinski definition) is 1. The van der Waals surface area contributed by atoms with Gasteiger partial charge in [-0.2, -0.15) is 0 Å². The first-order chi connectivity index (χ1) is 9.60. The minimum Gasteiger partial charge on any atom is -0.328 e. The fraction of sp³-hybridized carbons (Fsp3) is 0.133. The van der Waals surface area contributed by atoms with Crippen LogP contribution < -0.4 is 5.56 Å². The number of aromatic nitrogens is 3. The van der Waals surface area contributed by atoms with E-state index in [0.29, 0.717) is 11.1 Å². The summed E-state index contributed by atoms with van der Waals surface area (Å²) in [6, 6.07) is 7.19. The second kappa shape index (κ2) is 4.45. The van der Waals surface area contributed by atoms with Crippen LogP contribution in [0.15, 0.2) is 35.3 Å². The van der Waals surface area contributed by atoms with Crippen molar-refractivity contribution in [2.45, 2.75) is 6.92 Å². The Morgan fingerprint density at radius 2 is 2.10 bits per heavy atom. The molecule has 2 aromatic heterocycles. The van der Waals surface area contributed by atoms with Crippen LogP contribution in [0.2, 0.25) is 0 Å². The summed E-state index contributed by atoms with van der Waals surface area (Å²) >= 11 is 0. The molecule has 0 bridgehead atoms. The Bertz CT molecular complexity index is 874. The highest BCUT2D eigenvalue weighted by Gasteiger charge is 2.11. The van der Waals surface area contributed by atoms with Gasteiger partial charge in [-0.3, -0.25) is 9.59 Å². The first-order valence-corrected chi connectivity index (χ1v) is 6.21. The van der Waals surface area contributed by atoms with Crippen LogP contribution in [0.3, 0.4) is 0 Å². The number of aryl methyl sites for hydroxylation is 2. The highest BCUT2D eigenvalue weighted by molar-refractivity contribution is 5.87. The minimum atomic E-state index is -0.101. The van der Waals surface area contributed by atoms with Gasteiger partial charge in [-0.1, -0.05) is 0 Å². The van der Waals surface area contributed by atoms with Crippen LogP contribution in [-0.4, -0.2) is 20.8 Å². The molecule has 0 spiro atoms. The molecule has 0 unspecified atom stereocenters. The van der Waals surface area contributed by atoms with E-state index in [-0.39, 0.29) is 5.56 Å². The maximum Gasteiger partial charge on any atom is 0.250 e. The summed E-state index contributed by atoms with van der Waals surface area (Å²) in [7, 11) is 1.91. The van der Waals surface area contributed by atoms with Crippen molar-refractivity contribution in [3.8, 4) is 11.4 Å². The SMILES string of the molecule is Cc1cc(-c2nc3cc(C=O)ccc3n2C)c[nH]c1=O. The number of nitrogens with one attached hydrogen (secondary N) is 1. The molecule has 1 N–H and O–H groups in total. The Kier molecular flexibility index (Phi) is 2.75. The van der Waals surface area contributed by atoms with Gasteiger partial charge in [0.25, 0.3) is 5.56 Å². The normalized spacial score (nSPS) is 10.9. The average Bonchev–Trinajstić information content (AvgIpc) is 2.78. The minimum absolute atomic E-state index is 0.101. The predicted molar refractivity (Wildman–Crippen MR) is 76.9 cm³/mol. The molecular weight excluding hydrogens is 254 g/mol. The number of aldehydes is 1. The van der Waals surface area contributed by atoms with Gasteiger partial charge in [0.15, 0.2) is 0 Å². The summed E-state index contributed by atoms with van der Waals surface area (Å²) in [6.45, 7) is 1.76. The summed E-state index contributed by atoms with van der Waals surface area (Å²) in [4.78, 5) is 29.5. The lowest BCUT2D eigenvalue weighted by Gasteiger charge is -2.03. The number of pyridine rings is 1. The van der Waals surface area contributed by atoms with Gasteiger partial charge in [0, 0.05) is 29.9 Å². The van der Waals surface area contributed by atoms with Crippen molar-refractivity contribution in [1.82, 2.24) is 14.5 Å². The molecule has 0 atom stereocenters. The lowest BCUT2D eigenvalue weighted by atomic mass is 10.2. The van der Waals surface area contributed by atoms with Gasteiger partial charge < -0.3 is 9.55 Å². The van der Waals surface area contributed by atoms with Crippen molar-refractivity contribution >= 4 is 17.3 Å². The Labute approximate surface area is 114 Å². The molecule has 0 aliphatic rings. The first kappa shape index (κ1) is 12.3. The maximum atomic E-state index is 11.4. The van der Waals surface area contributed by atoms with Gasteiger partial charge in [0.1, 0.15) is 12.1 Å². The molecule has 0 aliphatic heterocycles. The van der Waals surface area contributed by atoms with E-state index in [9.17, 15) is 9.59 Å². The number of carbonyl (C=O) groups is 1. The summed E-state index contributed by atoms with van der Waals surface area (Å²) in [5.41, 5.74) is 3.68. The number of rotatable bonds is 2. The van der Waals surface area contributed by atoms with E-state index >= 15 is 0 Å². The lowest BCUT2D eigenvalue weighted by Crippen LogP contribution is -2.08. The lowest BCUT2D eigenvalue weighted by molar-refractivity contribution is 0.112. The van der Waals surface area contributed by atoms with E-state index in [1.165, 1.54) is 0 Å². The van der Waals surface area contributed by atoms with Crippen LogP contribution in [0.5, 0.6) is 0 Å². The molecule has 5 nitrogen and oxygen atoms in total. The number of fused-ring (bicyclic) bond motifs is 1. The van der Waals surface area contributed by atoms with E-state index < -0.39 is 0 Å². The highest BCUT2D eigenvalue weighted by Crippen LogP contribution is 2.23. The van der Waals surface area contributed by atoms with E-state index in [2.05, 4.69) is 9.97 Å². The molecule has 0 saturated heterocycles. The van der Waals surface area contributed by atoms with Crippen LogP contribution in [0.4, 0.5) is 0 Å². The molecular formula is C15H13N3O2. The van der Waals surface area contributed by atoms with Crippen LogP contribution in [0.25, 0.3) is 22.4 Å². The van der Waals surface area contributed by atoms with Crippen molar-refractivity contribution in [3.05, 3.63) is 51.9 Å². The summed E-state index contributed by atoms with van der Waals surface area (Å²) in [6.07, 6.45) is 2.45. The summed E-state index contributed by atoms with van der Waals surface area (Å²) in [5.74, 6) is 0.752. The predicted octanol–water partition coefficient (Wildman–Crippen LogP) is 2.05. The van der Waals surface area contributed by atoms with Crippen LogP contribution >= 0.6 is 0 Å². The van der Waals surface area contributed by atoms with Crippen molar-refractivity contribution in [1.29, 1.82) is 0 Å². The number of H-pyrrole nitrogens is 1. The van der Waals surface area contributed by atoms with E-state index in [1.807, 2.05) is 17.7 Å². The summed E-state index contributed by atoms with van der Waals surface area (Å²) < 4.78 is 1.94. The number of benzene rings is 1. The third kappa shape index (κ3) is 1.84. The third-order valence-corrected chi connectivity index (χ3v) is 3.39. The Hall–Kier alpha value is -2.69. The number of carbonyl (C=O) groups excluding carboxylic acids is 1. The van der Waals surface area contributed by atoms with Crippen molar-refractivity contribution in [2.24, 2.45) is 7.05 Å². The molecule has 3 aromatic rings. The number of hydrogen-bond acceptors (Lipinski definition) is 3. The Morgan fingerprint density at radius 1 is 1.30 bits per heavy atom. The third-order valence-electron chi connectivity index (χ3n) is 3.39. The number of aromatic amines is 1. The fourth-order valence-corrected chi connectivity index (χ4v) is 2.28. The fourth-order valence-electron chi connectivity index (χ4n) is 2.28. The largest absolute Gasteiger partial charge is 0.328 e. The van der Waals surface area contributed by atoms with Gasteiger partial charge in [-0.15, -0.1) is 0 Å². The average molecular weight is 267 g/mol. The van der Waals surface area contributed by atoms with Crippen LogP contribution in [0, 0.1) is 6.92 Å². The van der Waals surface area contributed by atoms with Crippen LogP contribution in [-0.2, 0) is 7.05 Å². The second-order valence-electron chi connectivity index (χ2n) is 4.76. The zero-order valence-corrected chi connectivity index (χ0v) is 11.2.